The van der Waals surface area contributed by atoms with E-state index in [1.165, 1.54) is 37.4 Å². The molecular weight excluding hydrogens is 238 g/mol. The molecule has 1 N–H and O–H groups in total. The van der Waals surface area contributed by atoms with E-state index in [1.807, 2.05) is 0 Å². The molecule has 4 nitrogen and oxygen atoms in total. The van der Waals surface area contributed by atoms with Gasteiger partial charge in [0.15, 0.2) is 0 Å². The standard InChI is InChI=1S/C15H25N3O/c1-17-7-5-12(6-8-17)9-13-10-18-14(11-19)3-2-4-15(18)16-13/h10,12,14,19H,2-9,11H2,1H3. The van der Waals surface area contributed by atoms with Crippen molar-refractivity contribution in [1.29, 1.82) is 0 Å². The zero-order valence-corrected chi connectivity index (χ0v) is 11.9. The monoisotopic (exact) mass is 263 g/mol. The van der Waals surface area contributed by atoms with Crippen LogP contribution in [-0.4, -0.2) is 46.3 Å². The maximum atomic E-state index is 9.44. The molecule has 3 heterocycles. The van der Waals surface area contributed by atoms with Crippen molar-refractivity contribution < 1.29 is 5.11 Å². The van der Waals surface area contributed by atoms with E-state index < -0.39 is 0 Å². The quantitative estimate of drug-likeness (QED) is 0.901. The van der Waals surface area contributed by atoms with E-state index in [2.05, 4.69) is 22.7 Å². The molecule has 0 aliphatic carbocycles. The molecule has 2 aliphatic heterocycles. The minimum atomic E-state index is 0.247. The summed E-state index contributed by atoms with van der Waals surface area (Å²) in [4.78, 5) is 7.21. The van der Waals surface area contributed by atoms with E-state index in [-0.39, 0.29) is 12.6 Å². The zero-order chi connectivity index (χ0) is 13.2. The SMILES string of the molecule is CN1CCC(Cc2cn3c(n2)CCCC3CO)CC1. The number of aliphatic hydroxyl groups excluding tert-OH is 1. The predicted molar refractivity (Wildman–Crippen MR) is 75.2 cm³/mol. The average Bonchev–Trinajstić information content (AvgIpc) is 2.83. The first kappa shape index (κ1) is 13.1. The van der Waals surface area contributed by atoms with Gasteiger partial charge in [0.2, 0.25) is 0 Å². The first-order chi connectivity index (χ1) is 9.26. The normalized spacial score (nSPS) is 25.5. The van der Waals surface area contributed by atoms with E-state index in [0.717, 1.165) is 31.6 Å². The Bertz CT molecular complexity index is 421. The number of likely N-dealkylation sites (tertiary alicyclic amines) is 1. The van der Waals surface area contributed by atoms with Gasteiger partial charge in [-0.2, -0.15) is 0 Å². The number of aliphatic hydroxyl groups is 1. The second kappa shape index (κ2) is 5.63. The summed E-state index contributed by atoms with van der Waals surface area (Å²) in [6, 6.07) is 0.266. The Balaban J connectivity index is 1.67. The maximum Gasteiger partial charge on any atom is 0.109 e. The summed E-state index contributed by atoms with van der Waals surface area (Å²) in [5, 5.41) is 9.44. The molecular formula is C15H25N3O. The maximum absolute atomic E-state index is 9.44. The van der Waals surface area contributed by atoms with Crippen molar-refractivity contribution in [2.75, 3.05) is 26.7 Å². The molecule has 3 rings (SSSR count). The molecule has 1 saturated heterocycles. The van der Waals surface area contributed by atoms with Crippen molar-refractivity contribution in [2.45, 2.75) is 44.6 Å². The Labute approximate surface area is 115 Å². The van der Waals surface area contributed by atoms with Gasteiger partial charge in [-0.15, -0.1) is 0 Å². The van der Waals surface area contributed by atoms with E-state index in [9.17, 15) is 5.11 Å². The molecule has 0 amide bonds. The molecule has 1 fully saturated rings. The number of fused-ring (bicyclic) bond motifs is 1. The largest absolute Gasteiger partial charge is 0.394 e. The first-order valence-electron chi connectivity index (χ1n) is 7.62. The smallest absolute Gasteiger partial charge is 0.109 e. The molecule has 106 valence electrons. The molecule has 0 saturated carbocycles. The molecule has 1 atom stereocenters. The number of aromatic nitrogens is 2. The number of aryl methyl sites for hydroxylation is 1. The van der Waals surface area contributed by atoms with Gasteiger partial charge in [-0.1, -0.05) is 0 Å². The summed E-state index contributed by atoms with van der Waals surface area (Å²) >= 11 is 0. The van der Waals surface area contributed by atoms with Gasteiger partial charge in [-0.25, -0.2) is 4.98 Å². The fourth-order valence-electron chi connectivity index (χ4n) is 3.46. The van der Waals surface area contributed by atoms with Gasteiger partial charge in [-0.3, -0.25) is 0 Å². The van der Waals surface area contributed by atoms with Crippen molar-refractivity contribution in [3.05, 3.63) is 17.7 Å². The third-order valence-electron chi connectivity index (χ3n) is 4.74. The van der Waals surface area contributed by atoms with Crippen LogP contribution >= 0.6 is 0 Å². The molecule has 0 spiro atoms. The highest BCUT2D eigenvalue weighted by atomic mass is 16.3. The summed E-state index contributed by atoms with van der Waals surface area (Å²) in [6.07, 6.45) is 9.23. The summed E-state index contributed by atoms with van der Waals surface area (Å²) in [7, 11) is 2.21. The highest BCUT2D eigenvalue weighted by molar-refractivity contribution is 5.09. The van der Waals surface area contributed by atoms with Gasteiger partial charge in [0, 0.05) is 12.6 Å². The summed E-state index contributed by atoms with van der Waals surface area (Å²) in [5.74, 6) is 1.98. The number of hydrogen-bond donors (Lipinski definition) is 1. The second-order valence-corrected chi connectivity index (χ2v) is 6.24. The van der Waals surface area contributed by atoms with Crippen LogP contribution in [0.1, 0.15) is 43.2 Å². The van der Waals surface area contributed by atoms with Gasteiger partial charge in [-0.05, 0) is 58.2 Å². The number of nitrogens with zero attached hydrogens (tertiary/aromatic N) is 3. The third kappa shape index (κ3) is 2.84. The van der Waals surface area contributed by atoms with E-state index in [4.69, 9.17) is 4.98 Å². The van der Waals surface area contributed by atoms with Gasteiger partial charge < -0.3 is 14.6 Å². The van der Waals surface area contributed by atoms with Crippen LogP contribution in [0, 0.1) is 5.92 Å². The Morgan fingerprint density at radius 1 is 1.32 bits per heavy atom. The lowest BCUT2D eigenvalue weighted by molar-refractivity contribution is 0.206. The molecule has 2 aliphatic rings. The summed E-state index contributed by atoms with van der Waals surface area (Å²) in [6.45, 7) is 2.69. The van der Waals surface area contributed by atoms with Crippen molar-refractivity contribution in [1.82, 2.24) is 14.5 Å². The lowest BCUT2D eigenvalue weighted by Crippen LogP contribution is -2.31. The minimum Gasteiger partial charge on any atom is -0.394 e. The van der Waals surface area contributed by atoms with Crippen molar-refractivity contribution >= 4 is 0 Å². The van der Waals surface area contributed by atoms with Crippen LogP contribution in [0.3, 0.4) is 0 Å². The van der Waals surface area contributed by atoms with Gasteiger partial charge >= 0.3 is 0 Å². The van der Waals surface area contributed by atoms with Crippen LogP contribution in [-0.2, 0) is 12.8 Å². The average molecular weight is 263 g/mol. The number of imidazole rings is 1. The zero-order valence-electron chi connectivity index (χ0n) is 11.9. The van der Waals surface area contributed by atoms with Crippen LogP contribution < -0.4 is 0 Å². The van der Waals surface area contributed by atoms with Crippen LogP contribution in [0.25, 0.3) is 0 Å². The highest BCUT2D eigenvalue weighted by Crippen LogP contribution is 2.26. The molecule has 0 aromatic carbocycles. The Morgan fingerprint density at radius 3 is 2.84 bits per heavy atom. The number of hydrogen-bond acceptors (Lipinski definition) is 3. The second-order valence-electron chi connectivity index (χ2n) is 6.24. The van der Waals surface area contributed by atoms with Gasteiger partial charge in [0.1, 0.15) is 5.82 Å². The van der Waals surface area contributed by atoms with Crippen LogP contribution in [0.15, 0.2) is 6.20 Å². The fourth-order valence-corrected chi connectivity index (χ4v) is 3.46. The third-order valence-corrected chi connectivity index (χ3v) is 4.74. The summed E-state index contributed by atoms with van der Waals surface area (Å²) in [5.41, 5.74) is 1.24. The van der Waals surface area contributed by atoms with E-state index >= 15 is 0 Å². The van der Waals surface area contributed by atoms with Crippen LogP contribution in [0.2, 0.25) is 0 Å². The molecule has 4 heteroatoms. The van der Waals surface area contributed by atoms with Crippen LogP contribution in [0.5, 0.6) is 0 Å². The van der Waals surface area contributed by atoms with Gasteiger partial charge in [0.05, 0.1) is 18.3 Å². The lowest BCUT2D eigenvalue weighted by Gasteiger charge is -2.28. The molecule has 1 aromatic rings. The van der Waals surface area contributed by atoms with E-state index in [0.29, 0.717) is 0 Å². The summed E-state index contributed by atoms with van der Waals surface area (Å²) < 4.78 is 2.23. The highest BCUT2D eigenvalue weighted by Gasteiger charge is 2.23. The Kier molecular flexibility index (Phi) is 3.89. The fraction of sp³-hybridized carbons (Fsp3) is 0.800. The van der Waals surface area contributed by atoms with Crippen molar-refractivity contribution in [2.24, 2.45) is 5.92 Å². The molecule has 1 aromatic heterocycles. The topological polar surface area (TPSA) is 41.3 Å². The van der Waals surface area contributed by atoms with Crippen molar-refractivity contribution in [3.8, 4) is 0 Å². The molecule has 0 radical (unpaired) electrons. The molecule has 19 heavy (non-hydrogen) atoms. The first-order valence-corrected chi connectivity index (χ1v) is 7.62. The molecule has 0 bridgehead atoms. The van der Waals surface area contributed by atoms with Gasteiger partial charge in [0.25, 0.3) is 0 Å². The molecule has 1 unspecified atom stereocenters. The Hall–Kier alpha value is -0.870. The van der Waals surface area contributed by atoms with Crippen LogP contribution in [0.4, 0.5) is 0 Å². The van der Waals surface area contributed by atoms with Crippen molar-refractivity contribution in [3.63, 3.8) is 0 Å². The van der Waals surface area contributed by atoms with E-state index in [1.54, 1.807) is 0 Å². The lowest BCUT2D eigenvalue weighted by atomic mass is 9.93. The number of rotatable bonds is 3. The predicted octanol–water partition coefficient (Wildman–Crippen LogP) is 1.64. The minimum absolute atomic E-state index is 0.247. The number of piperidine rings is 1. The Morgan fingerprint density at radius 2 is 2.11 bits per heavy atom.